The van der Waals surface area contributed by atoms with Crippen LogP contribution in [0.2, 0.25) is 5.02 Å². The quantitative estimate of drug-likeness (QED) is 0.652. The summed E-state index contributed by atoms with van der Waals surface area (Å²) >= 11 is 9.16. The predicted octanol–water partition coefficient (Wildman–Crippen LogP) is 3.64. The number of hydrogen-bond acceptors (Lipinski definition) is 1. The largest absolute Gasteiger partial charge is 0.352 e. The molecule has 0 spiro atoms. The number of halogens is 2. The zero-order valence-electron chi connectivity index (χ0n) is 9.30. The summed E-state index contributed by atoms with van der Waals surface area (Å²) < 4.78 is 0.739. The minimum Gasteiger partial charge on any atom is -0.352 e. The first-order chi connectivity index (χ1) is 8.15. The van der Waals surface area contributed by atoms with Gasteiger partial charge in [-0.25, -0.2) is 0 Å². The van der Waals surface area contributed by atoms with Crippen LogP contribution in [0.1, 0.15) is 29.6 Å². The van der Waals surface area contributed by atoms with Crippen LogP contribution in [-0.2, 0) is 0 Å². The van der Waals surface area contributed by atoms with E-state index in [-0.39, 0.29) is 5.91 Å². The highest BCUT2D eigenvalue weighted by molar-refractivity contribution is 9.10. The Morgan fingerprint density at radius 1 is 1.47 bits per heavy atom. The van der Waals surface area contributed by atoms with Gasteiger partial charge in [-0.2, -0.15) is 0 Å². The van der Waals surface area contributed by atoms with Gasteiger partial charge >= 0.3 is 0 Å². The van der Waals surface area contributed by atoms with E-state index >= 15 is 0 Å². The van der Waals surface area contributed by atoms with Gasteiger partial charge in [0.2, 0.25) is 0 Å². The average molecular weight is 315 g/mol. The topological polar surface area (TPSA) is 29.1 Å². The summed E-state index contributed by atoms with van der Waals surface area (Å²) in [4.78, 5) is 11.8. The van der Waals surface area contributed by atoms with Crippen LogP contribution < -0.4 is 5.32 Å². The molecule has 1 amide bonds. The summed E-state index contributed by atoms with van der Waals surface area (Å²) in [6.45, 7) is 0.624. The van der Waals surface area contributed by atoms with Crippen molar-refractivity contribution < 1.29 is 4.79 Å². The van der Waals surface area contributed by atoms with Gasteiger partial charge in [0.1, 0.15) is 0 Å². The number of carbonyl (C=O) groups is 1. The number of rotatable bonds is 5. The number of benzene rings is 1. The number of terminal acetylenes is 1. The lowest BCUT2D eigenvalue weighted by molar-refractivity contribution is 0.0952. The van der Waals surface area contributed by atoms with E-state index < -0.39 is 0 Å². The smallest absolute Gasteiger partial charge is 0.252 e. The summed E-state index contributed by atoms with van der Waals surface area (Å²) in [6.07, 6.45) is 7.69. The third-order valence-corrected chi connectivity index (χ3v) is 3.13. The van der Waals surface area contributed by atoms with Gasteiger partial charge in [-0.1, -0.05) is 11.6 Å². The van der Waals surface area contributed by atoms with Crippen molar-refractivity contribution in [3.05, 3.63) is 33.3 Å². The van der Waals surface area contributed by atoms with E-state index in [0.717, 1.165) is 23.7 Å². The van der Waals surface area contributed by atoms with Gasteiger partial charge in [-0.05, 0) is 47.0 Å². The summed E-state index contributed by atoms with van der Waals surface area (Å²) in [6, 6.07) is 5.13. The van der Waals surface area contributed by atoms with E-state index in [0.29, 0.717) is 17.1 Å². The number of carbonyl (C=O) groups excluding carboxylic acids is 1. The maximum absolute atomic E-state index is 11.8. The second-order valence-electron chi connectivity index (χ2n) is 3.54. The van der Waals surface area contributed by atoms with Gasteiger partial charge in [-0.15, -0.1) is 12.3 Å². The Kier molecular flexibility index (Phi) is 6.10. The number of hydrogen-bond donors (Lipinski definition) is 1. The molecule has 17 heavy (non-hydrogen) atoms. The van der Waals surface area contributed by atoms with Crippen molar-refractivity contribution in [1.82, 2.24) is 5.32 Å². The van der Waals surface area contributed by atoms with Crippen molar-refractivity contribution in [2.45, 2.75) is 19.3 Å². The van der Waals surface area contributed by atoms with Crippen LogP contribution >= 0.6 is 27.5 Å². The Morgan fingerprint density at radius 3 is 2.94 bits per heavy atom. The van der Waals surface area contributed by atoms with E-state index in [4.69, 9.17) is 18.0 Å². The van der Waals surface area contributed by atoms with Crippen LogP contribution in [-0.4, -0.2) is 12.5 Å². The highest BCUT2D eigenvalue weighted by atomic mass is 79.9. The SMILES string of the molecule is C#CCCCCNC(=O)c1cc(Cl)ccc1Br. The molecule has 0 unspecified atom stereocenters. The first-order valence-corrected chi connectivity index (χ1v) is 6.49. The molecule has 0 saturated heterocycles. The molecule has 0 aliphatic heterocycles. The molecule has 90 valence electrons. The Hall–Kier alpha value is -0.980. The van der Waals surface area contributed by atoms with E-state index in [1.807, 2.05) is 0 Å². The minimum atomic E-state index is -0.125. The zero-order chi connectivity index (χ0) is 12.7. The number of unbranched alkanes of at least 4 members (excludes halogenated alkanes) is 2. The van der Waals surface area contributed by atoms with Crippen LogP contribution in [0.15, 0.2) is 22.7 Å². The fourth-order valence-electron chi connectivity index (χ4n) is 1.32. The zero-order valence-corrected chi connectivity index (χ0v) is 11.6. The molecule has 0 radical (unpaired) electrons. The van der Waals surface area contributed by atoms with Gasteiger partial charge in [-0.3, -0.25) is 4.79 Å². The Morgan fingerprint density at radius 2 is 2.24 bits per heavy atom. The van der Waals surface area contributed by atoms with E-state index in [9.17, 15) is 4.79 Å². The molecule has 0 heterocycles. The van der Waals surface area contributed by atoms with Gasteiger partial charge in [0.05, 0.1) is 5.56 Å². The lowest BCUT2D eigenvalue weighted by atomic mass is 10.2. The summed E-state index contributed by atoms with van der Waals surface area (Å²) in [5.74, 6) is 2.44. The minimum absolute atomic E-state index is 0.125. The van der Waals surface area contributed by atoms with Crippen molar-refractivity contribution >= 4 is 33.4 Å². The highest BCUT2D eigenvalue weighted by Gasteiger charge is 2.09. The van der Waals surface area contributed by atoms with E-state index in [2.05, 4.69) is 27.2 Å². The molecule has 0 aromatic heterocycles. The van der Waals surface area contributed by atoms with Crippen LogP contribution in [0.4, 0.5) is 0 Å². The molecule has 0 fully saturated rings. The van der Waals surface area contributed by atoms with Crippen molar-refractivity contribution in [2.75, 3.05) is 6.54 Å². The van der Waals surface area contributed by atoms with Crippen molar-refractivity contribution in [1.29, 1.82) is 0 Å². The lowest BCUT2D eigenvalue weighted by Gasteiger charge is -2.06. The van der Waals surface area contributed by atoms with Gasteiger partial charge in [0.25, 0.3) is 5.91 Å². The lowest BCUT2D eigenvalue weighted by Crippen LogP contribution is -2.24. The van der Waals surface area contributed by atoms with E-state index in [1.54, 1.807) is 18.2 Å². The molecule has 0 aliphatic carbocycles. The molecule has 4 heteroatoms. The Balaban J connectivity index is 2.47. The first kappa shape index (κ1) is 14.1. The number of amides is 1. The predicted molar refractivity (Wildman–Crippen MR) is 74.2 cm³/mol. The second kappa shape index (κ2) is 7.37. The fraction of sp³-hybridized carbons (Fsp3) is 0.308. The molecular formula is C13H13BrClNO. The van der Waals surface area contributed by atoms with Gasteiger partial charge < -0.3 is 5.32 Å². The van der Waals surface area contributed by atoms with Crippen molar-refractivity contribution in [3.8, 4) is 12.3 Å². The third kappa shape index (κ3) is 4.80. The molecule has 0 bridgehead atoms. The molecule has 0 atom stereocenters. The highest BCUT2D eigenvalue weighted by Crippen LogP contribution is 2.20. The molecule has 1 rings (SSSR count). The van der Waals surface area contributed by atoms with Gasteiger partial charge in [0, 0.05) is 22.5 Å². The first-order valence-electron chi connectivity index (χ1n) is 5.32. The fourth-order valence-corrected chi connectivity index (χ4v) is 1.92. The van der Waals surface area contributed by atoms with Crippen molar-refractivity contribution in [2.24, 2.45) is 0 Å². The monoisotopic (exact) mass is 313 g/mol. The molecule has 2 nitrogen and oxygen atoms in total. The second-order valence-corrected chi connectivity index (χ2v) is 4.83. The molecule has 0 aliphatic rings. The summed E-state index contributed by atoms with van der Waals surface area (Å²) in [7, 11) is 0. The number of nitrogens with one attached hydrogen (secondary N) is 1. The molecule has 0 saturated carbocycles. The Labute approximate surface area is 115 Å². The molecule has 1 aromatic carbocycles. The van der Waals surface area contributed by atoms with Crippen molar-refractivity contribution in [3.63, 3.8) is 0 Å². The van der Waals surface area contributed by atoms with Crippen LogP contribution in [0, 0.1) is 12.3 Å². The average Bonchev–Trinajstić information content (AvgIpc) is 2.32. The summed E-state index contributed by atoms with van der Waals surface area (Å²) in [5.41, 5.74) is 0.550. The normalized spacial score (nSPS) is 9.71. The molecule has 1 N–H and O–H groups in total. The summed E-state index contributed by atoms with van der Waals surface area (Å²) in [5, 5.41) is 3.38. The standard InChI is InChI=1S/C13H13BrClNO/c1-2-3-4-5-8-16-13(17)11-9-10(15)6-7-12(11)14/h1,6-7,9H,3-5,8H2,(H,16,17). The third-order valence-electron chi connectivity index (χ3n) is 2.21. The van der Waals surface area contributed by atoms with Crippen LogP contribution in [0.25, 0.3) is 0 Å². The van der Waals surface area contributed by atoms with Crippen LogP contribution in [0.3, 0.4) is 0 Å². The molecule has 1 aromatic rings. The van der Waals surface area contributed by atoms with E-state index in [1.165, 1.54) is 0 Å². The Bertz CT molecular complexity index is 440. The maximum atomic E-state index is 11.8. The van der Waals surface area contributed by atoms with Crippen LogP contribution in [0.5, 0.6) is 0 Å². The molecular weight excluding hydrogens is 302 g/mol. The van der Waals surface area contributed by atoms with Gasteiger partial charge in [0.15, 0.2) is 0 Å². The maximum Gasteiger partial charge on any atom is 0.252 e.